The number of aliphatic hydroxyl groups excluding tert-OH is 1. The van der Waals surface area contributed by atoms with Crippen molar-refractivity contribution in [3.63, 3.8) is 0 Å². The molecule has 1 fully saturated rings. The standard InChI is InChI=1S/C16H29N3O3S/c1-11(2)9-19-13(4)16(12(3)17-19)23(21,22)18-8-6-7-15(10-18)14(5)20/h11,14-15,20H,6-10H2,1-5H3/t14-,15+/m1/s1. The van der Waals surface area contributed by atoms with Crippen LogP contribution in [0, 0.1) is 25.7 Å². The fourth-order valence-electron chi connectivity index (χ4n) is 3.29. The second kappa shape index (κ2) is 6.91. The van der Waals surface area contributed by atoms with Crippen molar-refractivity contribution in [3.8, 4) is 0 Å². The smallest absolute Gasteiger partial charge is 0.246 e. The first-order chi connectivity index (χ1) is 10.6. The van der Waals surface area contributed by atoms with E-state index in [0.29, 0.717) is 41.8 Å². The van der Waals surface area contributed by atoms with Crippen molar-refractivity contribution >= 4 is 10.0 Å². The summed E-state index contributed by atoms with van der Waals surface area (Å²) in [5.41, 5.74) is 1.26. The van der Waals surface area contributed by atoms with Gasteiger partial charge in [-0.15, -0.1) is 0 Å². The molecule has 0 aromatic carbocycles. The summed E-state index contributed by atoms with van der Waals surface area (Å²) in [6.07, 6.45) is 1.17. The van der Waals surface area contributed by atoms with Crippen molar-refractivity contribution in [2.45, 2.75) is 65.0 Å². The lowest BCUT2D eigenvalue weighted by molar-refractivity contribution is 0.0885. The molecular formula is C16H29N3O3S. The van der Waals surface area contributed by atoms with Crippen molar-refractivity contribution < 1.29 is 13.5 Å². The first-order valence-corrected chi connectivity index (χ1v) is 9.80. The zero-order chi connectivity index (χ0) is 17.4. The zero-order valence-corrected chi connectivity index (χ0v) is 15.6. The number of aliphatic hydroxyl groups is 1. The minimum atomic E-state index is -3.57. The van der Waals surface area contributed by atoms with Gasteiger partial charge >= 0.3 is 0 Å². The second-order valence-electron chi connectivity index (χ2n) is 7.08. The van der Waals surface area contributed by atoms with Crippen LogP contribution in [0.2, 0.25) is 0 Å². The third kappa shape index (κ3) is 3.78. The molecule has 0 bridgehead atoms. The van der Waals surface area contributed by atoms with Gasteiger partial charge in [0.05, 0.1) is 17.5 Å². The fraction of sp³-hybridized carbons (Fsp3) is 0.812. The molecule has 0 saturated carbocycles. The molecule has 1 N–H and O–H groups in total. The van der Waals surface area contributed by atoms with Crippen LogP contribution in [-0.4, -0.2) is 46.8 Å². The van der Waals surface area contributed by atoms with Gasteiger partial charge in [0, 0.05) is 19.6 Å². The number of aryl methyl sites for hydroxylation is 1. The maximum atomic E-state index is 13.1. The van der Waals surface area contributed by atoms with Crippen LogP contribution in [0.3, 0.4) is 0 Å². The van der Waals surface area contributed by atoms with E-state index in [0.717, 1.165) is 12.8 Å². The van der Waals surface area contributed by atoms with Crippen LogP contribution in [0.5, 0.6) is 0 Å². The molecule has 0 aliphatic carbocycles. The van der Waals surface area contributed by atoms with E-state index in [-0.39, 0.29) is 5.92 Å². The number of aromatic nitrogens is 2. The van der Waals surface area contributed by atoms with Crippen molar-refractivity contribution in [1.82, 2.24) is 14.1 Å². The van der Waals surface area contributed by atoms with E-state index in [1.807, 2.05) is 6.92 Å². The van der Waals surface area contributed by atoms with Gasteiger partial charge in [-0.25, -0.2) is 8.42 Å². The van der Waals surface area contributed by atoms with E-state index >= 15 is 0 Å². The Morgan fingerprint density at radius 1 is 1.30 bits per heavy atom. The number of piperidine rings is 1. The molecule has 1 aliphatic heterocycles. The molecule has 0 spiro atoms. The fourth-order valence-corrected chi connectivity index (χ4v) is 5.20. The average molecular weight is 343 g/mol. The van der Waals surface area contributed by atoms with Crippen LogP contribution in [-0.2, 0) is 16.6 Å². The molecular weight excluding hydrogens is 314 g/mol. The molecule has 0 radical (unpaired) electrons. The number of nitrogens with zero attached hydrogens (tertiary/aromatic N) is 3. The summed E-state index contributed by atoms with van der Waals surface area (Å²) in [4.78, 5) is 0.337. The van der Waals surface area contributed by atoms with E-state index < -0.39 is 16.1 Å². The van der Waals surface area contributed by atoms with Crippen LogP contribution in [0.15, 0.2) is 4.90 Å². The van der Waals surface area contributed by atoms with Crippen LogP contribution < -0.4 is 0 Å². The van der Waals surface area contributed by atoms with Gasteiger partial charge in [-0.2, -0.15) is 9.40 Å². The Morgan fingerprint density at radius 3 is 2.52 bits per heavy atom. The first kappa shape index (κ1) is 18.4. The largest absolute Gasteiger partial charge is 0.393 e. The highest BCUT2D eigenvalue weighted by molar-refractivity contribution is 7.89. The highest BCUT2D eigenvalue weighted by Crippen LogP contribution is 2.29. The third-order valence-corrected chi connectivity index (χ3v) is 6.67. The highest BCUT2D eigenvalue weighted by atomic mass is 32.2. The Bertz CT molecular complexity index is 650. The highest BCUT2D eigenvalue weighted by Gasteiger charge is 2.35. The SMILES string of the molecule is Cc1nn(CC(C)C)c(C)c1S(=O)(=O)N1CCC[C@H]([C@@H](C)O)C1. The minimum absolute atomic E-state index is 0.00449. The molecule has 2 heterocycles. The van der Waals surface area contributed by atoms with E-state index in [1.165, 1.54) is 4.31 Å². The van der Waals surface area contributed by atoms with Gasteiger partial charge in [0.1, 0.15) is 4.90 Å². The lowest BCUT2D eigenvalue weighted by Crippen LogP contribution is -2.43. The summed E-state index contributed by atoms with van der Waals surface area (Å²) < 4.78 is 29.5. The van der Waals surface area contributed by atoms with Crippen LogP contribution >= 0.6 is 0 Å². The predicted octanol–water partition coefficient (Wildman–Crippen LogP) is 1.94. The monoisotopic (exact) mass is 343 g/mol. The molecule has 7 heteroatoms. The summed E-state index contributed by atoms with van der Waals surface area (Å²) in [6, 6.07) is 0. The molecule has 6 nitrogen and oxygen atoms in total. The number of hydrogen-bond acceptors (Lipinski definition) is 4. The van der Waals surface area contributed by atoms with Gasteiger partial charge in [0.2, 0.25) is 10.0 Å². The van der Waals surface area contributed by atoms with Crippen molar-refractivity contribution in [2.75, 3.05) is 13.1 Å². The number of rotatable bonds is 5. The Balaban J connectivity index is 2.34. The summed E-state index contributed by atoms with van der Waals surface area (Å²) in [6.45, 7) is 11.1. The number of hydrogen-bond donors (Lipinski definition) is 1. The summed E-state index contributed by atoms with van der Waals surface area (Å²) >= 11 is 0. The summed E-state index contributed by atoms with van der Waals surface area (Å²) in [5.74, 6) is 0.406. The quantitative estimate of drug-likeness (QED) is 0.886. The molecule has 0 unspecified atom stereocenters. The number of sulfonamides is 1. The molecule has 23 heavy (non-hydrogen) atoms. The molecule has 132 valence electrons. The Kier molecular flexibility index (Phi) is 5.53. The van der Waals surface area contributed by atoms with E-state index in [9.17, 15) is 13.5 Å². The maximum absolute atomic E-state index is 13.1. The minimum Gasteiger partial charge on any atom is -0.393 e. The second-order valence-corrected chi connectivity index (χ2v) is 8.96. The molecule has 2 atom stereocenters. The molecule has 1 aromatic rings. The lowest BCUT2D eigenvalue weighted by Gasteiger charge is -2.33. The van der Waals surface area contributed by atoms with Crippen molar-refractivity contribution in [3.05, 3.63) is 11.4 Å². The molecule has 0 amide bonds. The van der Waals surface area contributed by atoms with Gasteiger partial charge in [-0.05, 0) is 45.4 Å². The summed E-state index contributed by atoms with van der Waals surface area (Å²) in [7, 11) is -3.57. The van der Waals surface area contributed by atoms with E-state index in [4.69, 9.17) is 0 Å². The van der Waals surface area contributed by atoms with Gasteiger partial charge in [0.25, 0.3) is 0 Å². The Morgan fingerprint density at radius 2 is 1.96 bits per heavy atom. The molecule has 1 aromatic heterocycles. The van der Waals surface area contributed by atoms with Crippen LogP contribution in [0.4, 0.5) is 0 Å². The van der Waals surface area contributed by atoms with Gasteiger partial charge in [-0.3, -0.25) is 4.68 Å². The first-order valence-electron chi connectivity index (χ1n) is 8.36. The van der Waals surface area contributed by atoms with Gasteiger partial charge < -0.3 is 5.11 Å². The van der Waals surface area contributed by atoms with Crippen molar-refractivity contribution in [2.24, 2.45) is 11.8 Å². The van der Waals surface area contributed by atoms with Crippen molar-refractivity contribution in [1.29, 1.82) is 0 Å². The maximum Gasteiger partial charge on any atom is 0.246 e. The van der Waals surface area contributed by atoms with Crippen LogP contribution in [0.1, 0.15) is 45.0 Å². The van der Waals surface area contributed by atoms with Gasteiger partial charge in [0.15, 0.2) is 0 Å². The molecule has 1 aliphatic rings. The van der Waals surface area contributed by atoms with Gasteiger partial charge in [-0.1, -0.05) is 13.8 Å². The Hall–Kier alpha value is -0.920. The lowest BCUT2D eigenvalue weighted by atomic mass is 9.95. The Labute approximate surface area is 139 Å². The average Bonchev–Trinajstić information content (AvgIpc) is 2.73. The van der Waals surface area contributed by atoms with Crippen LogP contribution in [0.25, 0.3) is 0 Å². The normalized spacial score (nSPS) is 21.8. The summed E-state index contributed by atoms with van der Waals surface area (Å²) in [5, 5.41) is 14.2. The van der Waals surface area contributed by atoms with E-state index in [1.54, 1.807) is 18.5 Å². The molecule has 1 saturated heterocycles. The third-order valence-electron chi connectivity index (χ3n) is 4.55. The molecule has 2 rings (SSSR count). The predicted molar refractivity (Wildman–Crippen MR) is 89.7 cm³/mol. The van der Waals surface area contributed by atoms with E-state index in [2.05, 4.69) is 18.9 Å². The zero-order valence-electron chi connectivity index (χ0n) is 14.8. The topological polar surface area (TPSA) is 75.4 Å².